The number of rotatable bonds is 3. The number of carboxylic acids is 1. The first-order chi connectivity index (χ1) is 8.74. The van der Waals surface area contributed by atoms with Crippen molar-refractivity contribution in [3.05, 3.63) is 28.2 Å². The van der Waals surface area contributed by atoms with E-state index < -0.39 is 29.8 Å². The molecule has 1 aromatic carbocycles. The highest BCUT2D eigenvalue weighted by molar-refractivity contribution is 9.10. The predicted molar refractivity (Wildman–Crippen MR) is 69.1 cm³/mol. The van der Waals surface area contributed by atoms with Crippen molar-refractivity contribution >= 4 is 39.3 Å². The Kier molecular flexibility index (Phi) is 3.19. The van der Waals surface area contributed by atoms with Gasteiger partial charge in [-0.05, 0) is 25.1 Å². The normalized spacial score (nSPS) is 17.3. The molecule has 0 bridgehead atoms. The van der Waals surface area contributed by atoms with Gasteiger partial charge in [0.05, 0.1) is 17.8 Å². The molecule has 1 aliphatic rings. The van der Waals surface area contributed by atoms with Crippen LogP contribution in [0, 0.1) is 0 Å². The van der Waals surface area contributed by atoms with E-state index in [1.807, 2.05) is 0 Å². The van der Waals surface area contributed by atoms with Gasteiger partial charge in [-0.2, -0.15) is 0 Å². The topological polar surface area (TPSA) is 94.9 Å². The van der Waals surface area contributed by atoms with E-state index in [0.717, 1.165) is 11.8 Å². The molecule has 0 spiro atoms. The van der Waals surface area contributed by atoms with Crippen LogP contribution in [0.4, 0.5) is 5.69 Å². The lowest BCUT2D eigenvalue weighted by molar-refractivity contribution is -0.155. The zero-order valence-corrected chi connectivity index (χ0v) is 11.5. The fourth-order valence-electron chi connectivity index (χ4n) is 1.81. The molecule has 0 saturated heterocycles. The Bertz CT molecular complexity index is 596. The number of fused-ring (bicyclic) bond motifs is 1. The molecule has 1 atom stereocenters. The second-order valence-electron chi connectivity index (χ2n) is 4.46. The first-order valence-corrected chi connectivity index (χ1v) is 6.15. The van der Waals surface area contributed by atoms with Crippen LogP contribution < -0.4 is 4.90 Å². The molecule has 100 valence electrons. The van der Waals surface area contributed by atoms with Crippen molar-refractivity contribution in [2.75, 3.05) is 11.4 Å². The molecular weight excluding hydrogens is 318 g/mol. The van der Waals surface area contributed by atoms with Crippen molar-refractivity contribution in [2.24, 2.45) is 0 Å². The standard InChI is InChI=1S/C12H10BrNO5/c1-12(19,11(17)18)5-14-8-3-2-6(13)4-7(8)9(15)10(14)16/h2-4,19H,5H2,1H3,(H,17,18). The number of hydrogen-bond acceptors (Lipinski definition) is 4. The van der Waals surface area contributed by atoms with Crippen molar-refractivity contribution in [3.8, 4) is 0 Å². The van der Waals surface area contributed by atoms with Crippen LogP contribution in [-0.4, -0.2) is 40.0 Å². The first-order valence-electron chi connectivity index (χ1n) is 5.35. The van der Waals surface area contributed by atoms with Crippen LogP contribution in [0.3, 0.4) is 0 Å². The van der Waals surface area contributed by atoms with Crippen molar-refractivity contribution in [1.29, 1.82) is 0 Å². The number of hydrogen-bond donors (Lipinski definition) is 2. The number of aliphatic carboxylic acids is 1. The predicted octanol–water partition coefficient (Wildman–Crippen LogP) is 0.814. The van der Waals surface area contributed by atoms with Crippen LogP contribution in [-0.2, 0) is 9.59 Å². The van der Waals surface area contributed by atoms with E-state index in [0.29, 0.717) is 10.2 Å². The third-order valence-corrected chi connectivity index (χ3v) is 3.35. The summed E-state index contributed by atoms with van der Waals surface area (Å²) in [6, 6.07) is 4.65. The Labute approximate surface area is 116 Å². The summed E-state index contributed by atoms with van der Waals surface area (Å²) in [7, 11) is 0. The summed E-state index contributed by atoms with van der Waals surface area (Å²) in [6.07, 6.45) is 0. The summed E-state index contributed by atoms with van der Waals surface area (Å²) in [4.78, 5) is 35.5. The average molecular weight is 328 g/mol. The van der Waals surface area contributed by atoms with E-state index in [4.69, 9.17) is 5.11 Å². The molecule has 1 aliphatic heterocycles. The molecule has 1 heterocycles. The van der Waals surface area contributed by atoms with Gasteiger partial charge in [0.2, 0.25) is 0 Å². The quantitative estimate of drug-likeness (QED) is 0.801. The van der Waals surface area contributed by atoms with Gasteiger partial charge in [0.1, 0.15) is 0 Å². The Morgan fingerprint density at radius 3 is 2.63 bits per heavy atom. The van der Waals surface area contributed by atoms with E-state index in [1.54, 1.807) is 6.07 Å². The van der Waals surface area contributed by atoms with Gasteiger partial charge in [-0.15, -0.1) is 0 Å². The summed E-state index contributed by atoms with van der Waals surface area (Å²) in [6.45, 7) is 0.589. The number of carbonyl (C=O) groups is 3. The Hall–Kier alpha value is -1.73. The van der Waals surface area contributed by atoms with E-state index in [2.05, 4.69) is 15.9 Å². The molecule has 0 aromatic heterocycles. The molecule has 0 aliphatic carbocycles. The molecule has 1 unspecified atom stereocenters. The van der Waals surface area contributed by atoms with Gasteiger partial charge in [-0.3, -0.25) is 9.59 Å². The number of ketones is 1. The third kappa shape index (κ3) is 2.26. The summed E-state index contributed by atoms with van der Waals surface area (Å²) in [5, 5.41) is 18.6. The zero-order chi connectivity index (χ0) is 14.4. The van der Waals surface area contributed by atoms with Crippen LogP contribution in [0.5, 0.6) is 0 Å². The van der Waals surface area contributed by atoms with E-state index in [1.165, 1.54) is 12.1 Å². The maximum Gasteiger partial charge on any atom is 0.337 e. The number of benzene rings is 1. The number of carbonyl (C=O) groups excluding carboxylic acids is 2. The number of amides is 1. The maximum absolute atomic E-state index is 11.8. The molecule has 2 rings (SSSR count). The van der Waals surface area contributed by atoms with Crippen molar-refractivity contribution in [3.63, 3.8) is 0 Å². The van der Waals surface area contributed by atoms with Crippen LogP contribution in [0.25, 0.3) is 0 Å². The average Bonchev–Trinajstić information content (AvgIpc) is 2.54. The highest BCUT2D eigenvalue weighted by Gasteiger charge is 2.42. The van der Waals surface area contributed by atoms with Gasteiger partial charge >= 0.3 is 5.97 Å². The minimum atomic E-state index is -2.12. The molecule has 2 N–H and O–H groups in total. The molecule has 7 heteroatoms. The minimum Gasteiger partial charge on any atom is -0.479 e. The Balaban J connectivity index is 2.42. The highest BCUT2D eigenvalue weighted by Crippen LogP contribution is 2.32. The SMILES string of the molecule is CC(O)(CN1C(=O)C(=O)c2cc(Br)ccc21)C(=O)O. The lowest BCUT2D eigenvalue weighted by Crippen LogP contribution is -2.48. The number of halogens is 1. The van der Waals surface area contributed by atoms with Crippen LogP contribution in [0.1, 0.15) is 17.3 Å². The van der Waals surface area contributed by atoms with Gasteiger partial charge < -0.3 is 15.1 Å². The van der Waals surface area contributed by atoms with Crippen molar-refractivity contribution in [1.82, 2.24) is 0 Å². The van der Waals surface area contributed by atoms with Crippen molar-refractivity contribution in [2.45, 2.75) is 12.5 Å². The van der Waals surface area contributed by atoms with Gasteiger partial charge in [0.25, 0.3) is 11.7 Å². The lowest BCUT2D eigenvalue weighted by atomic mass is 10.1. The van der Waals surface area contributed by atoms with E-state index >= 15 is 0 Å². The number of nitrogens with zero attached hydrogens (tertiary/aromatic N) is 1. The van der Waals surface area contributed by atoms with Crippen LogP contribution >= 0.6 is 15.9 Å². The second kappa shape index (κ2) is 4.43. The Morgan fingerprint density at radius 1 is 1.42 bits per heavy atom. The fourth-order valence-corrected chi connectivity index (χ4v) is 2.17. The van der Waals surface area contributed by atoms with Gasteiger partial charge in [-0.25, -0.2) is 4.79 Å². The number of Topliss-reactive ketones (excluding diaryl/α,β-unsaturated/α-hetero) is 1. The lowest BCUT2D eigenvalue weighted by Gasteiger charge is -2.25. The fraction of sp³-hybridized carbons (Fsp3) is 0.250. The summed E-state index contributed by atoms with van der Waals surface area (Å²) in [5.41, 5.74) is -1.62. The number of anilines is 1. The number of aliphatic hydroxyl groups is 1. The molecule has 0 saturated carbocycles. The number of carboxylic acid groups (broad SMARTS) is 1. The molecule has 6 nitrogen and oxygen atoms in total. The second-order valence-corrected chi connectivity index (χ2v) is 5.38. The summed E-state index contributed by atoms with van der Waals surface area (Å²) in [5.74, 6) is -3.01. The Morgan fingerprint density at radius 2 is 2.05 bits per heavy atom. The zero-order valence-electron chi connectivity index (χ0n) is 9.88. The molecule has 0 radical (unpaired) electrons. The van der Waals surface area contributed by atoms with Gasteiger partial charge in [-0.1, -0.05) is 15.9 Å². The minimum absolute atomic E-state index is 0.195. The smallest absolute Gasteiger partial charge is 0.337 e. The first kappa shape index (κ1) is 13.7. The molecule has 0 fully saturated rings. The largest absolute Gasteiger partial charge is 0.479 e. The maximum atomic E-state index is 11.8. The number of β-amino-alcohol motifs (C(OH)–C–C–N with tert-alkyl or cyclic N) is 1. The van der Waals surface area contributed by atoms with Crippen molar-refractivity contribution < 1.29 is 24.6 Å². The molecular formula is C12H10BrNO5. The van der Waals surface area contributed by atoms with Crippen LogP contribution in [0.15, 0.2) is 22.7 Å². The summed E-state index contributed by atoms with van der Waals surface area (Å²) < 4.78 is 0.638. The third-order valence-electron chi connectivity index (χ3n) is 2.86. The molecule has 1 amide bonds. The highest BCUT2D eigenvalue weighted by atomic mass is 79.9. The van der Waals surface area contributed by atoms with E-state index in [9.17, 15) is 19.5 Å². The summed E-state index contributed by atoms with van der Waals surface area (Å²) >= 11 is 3.19. The van der Waals surface area contributed by atoms with E-state index in [-0.39, 0.29) is 5.56 Å². The van der Waals surface area contributed by atoms with Crippen LogP contribution in [0.2, 0.25) is 0 Å². The van der Waals surface area contributed by atoms with Gasteiger partial charge in [0, 0.05) is 4.47 Å². The monoisotopic (exact) mass is 327 g/mol. The molecule has 19 heavy (non-hydrogen) atoms. The molecule has 1 aromatic rings. The van der Waals surface area contributed by atoms with Gasteiger partial charge in [0.15, 0.2) is 5.60 Å².